The van der Waals surface area contributed by atoms with E-state index in [1.54, 1.807) is 0 Å². The lowest BCUT2D eigenvalue weighted by atomic mass is 10.1. The topological polar surface area (TPSA) is 75.6 Å². The van der Waals surface area contributed by atoms with E-state index in [1.165, 1.54) is 193 Å². The summed E-state index contributed by atoms with van der Waals surface area (Å²) >= 11 is 0. The Morgan fingerprint density at radius 2 is 0.615 bits per heavy atom. The number of hydrogen-bond donors (Lipinski definition) is 1. The second-order valence-electron chi connectivity index (χ2n) is 23.0. The standard InChI is InChI=1S/C70H132NO7/c1-6-9-12-15-18-21-24-27-30-33-36-39-42-45-48-51-61-73-66-71(4,5)60-54-59-70(72)78-69(57-55-64-76-67-74-62-52-49-46-43-40-37-34-31-28-25-22-19-16-13-10-7-2)58-56-65-77-68-75-63-53-50-47-44-41-38-35-32-29-26-23-20-17-14-11-8-3/h18-23,27-32,69-70,72H,6-17,24-26,33-68H2,1-5H3/q+1. The van der Waals surface area contributed by atoms with Crippen LogP contribution in [0.1, 0.15) is 290 Å². The molecule has 0 bridgehead atoms. The van der Waals surface area contributed by atoms with Gasteiger partial charge in [0.2, 0.25) is 0 Å². The van der Waals surface area contributed by atoms with Gasteiger partial charge in [-0.1, -0.05) is 209 Å². The predicted molar refractivity (Wildman–Crippen MR) is 338 cm³/mol. The number of hydrogen-bond acceptors (Lipinski definition) is 7. The second kappa shape index (κ2) is 65.9. The summed E-state index contributed by atoms with van der Waals surface area (Å²) in [4.78, 5) is 0. The van der Waals surface area contributed by atoms with Gasteiger partial charge in [-0.2, -0.15) is 0 Å². The van der Waals surface area contributed by atoms with Gasteiger partial charge >= 0.3 is 0 Å². The number of allylic oxidation sites excluding steroid dienone is 12. The average Bonchev–Trinajstić information content (AvgIpc) is 3.43. The Morgan fingerprint density at radius 3 is 0.962 bits per heavy atom. The fraction of sp³-hybridized carbons (Fsp3) is 0.829. The van der Waals surface area contributed by atoms with Gasteiger partial charge in [-0.25, -0.2) is 0 Å². The minimum atomic E-state index is -0.786. The number of nitrogens with zero attached hydrogens (tertiary/aromatic N) is 1. The van der Waals surface area contributed by atoms with E-state index in [1.807, 2.05) is 0 Å². The van der Waals surface area contributed by atoms with Crippen LogP contribution in [0.5, 0.6) is 0 Å². The van der Waals surface area contributed by atoms with Crippen molar-refractivity contribution in [3.8, 4) is 0 Å². The zero-order chi connectivity index (χ0) is 56.4. The first-order valence-electron chi connectivity index (χ1n) is 33.4. The van der Waals surface area contributed by atoms with Crippen LogP contribution in [0.15, 0.2) is 72.9 Å². The Labute approximate surface area is 485 Å². The Kier molecular flexibility index (Phi) is 64.3. The van der Waals surface area contributed by atoms with Crippen LogP contribution < -0.4 is 0 Å². The molecule has 0 amide bonds. The summed E-state index contributed by atoms with van der Waals surface area (Å²) in [5.41, 5.74) is 0. The van der Waals surface area contributed by atoms with Crippen molar-refractivity contribution in [2.75, 3.05) is 74.0 Å². The van der Waals surface area contributed by atoms with Crippen LogP contribution >= 0.6 is 0 Å². The Morgan fingerprint density at radius 1 is 0.321 bits per heavy atom. The maximum atomic E-state index is 11.0. The predicted octanol–water partition coefficient (Wildman–Crippen LogP) is 20.5. The van der Waals surface area contributed by atoms with Crippen molar-refractivity contribution < 1.29 is 38.0 Å². The zero-order valence-electron chi connectivity index (χ0n) is 52.5. The van der Waals surface area contributed by atoms with E-state index in [9.17, 15) is 5.11 Å². The highest BCUT2D eigenvalue weighted by molar-refractivity contribution is 4.94. The Bertz CT molecular complexity index is 1270. The normalized spacial score (nSPS) is 13.5. The van der Waals surface area contributed by atoms with Gasteiger partial charge in [0, 0.05) is 39.3 Å². The van der Waals surface area contributed by atoms with Gasteiger partial charge in [-0.05, 0) is 141 Å². The first-order valence-corrected chi connectivity index (χ1v) is 33.4. The molecule has 0 saturated heterocycles. The molecule has 0 heterocycles. The van der Waals surface area contributed by atoms with Crippen molar-refractivity contribution in [1.82, 2.24) is 0 Å². The SMILES string of the molecule is CCCCCC=CCC=CCCCCCCCCOCOCCCC(CCCOCOCCCCCCCCC=CCC=CCCCCC)OC(O)CCC[N+](C)(C)COCCCCCCCCC=CCC=CCCCCC. The molecular formula is C70H132NO7+. The summed E-state index contributed by atoms with van der Waals surface area (Å²) in [7, 11) is 4.44. The smallest absolute Gasteiger partial charge is 0.182 e. The van der Waals surface area contributed by atoms with Crippen molar-refractivity contribution in [3.05, 3.63) is 72.9 Å². The Hall–Kier alpha value is -1.88. The van der Waals surface area contributed by atoms with Gasteiger partial charge in [0.25, 0.3) is 0 Å². The molecule has 1 atom stereocenters. The lowest BCUT2D eigenvalue weighted by Crippen LogP contribution is -2.42. The van der Waals surface area contributed by atoms with Gasteiger partial charge in [-0.15, -0.1) is 0 Å². The van der Waals surface area contributed by atoms with Crippen LogP contribution in [0.2, 0.25) is 0 Å². The zero-order valence-corrected chi connectivity index (χ0v) is 52.5. The fourth-order valence-electron chi connectivity index (χ4n) is 9.40. The molecule has 458 valence electrons. The van der Waals surface area contributed by atoms with E-state index >= 15 is 0 Å². The molecule has 0 aromatic heterocycles. The maximum absolute atomic E-state index is 11.0. The molecule has 0 aliphatic rings. The van der Waals surface area contributed by atoms with Crippen molar-refractivity contribution in [2.24, 2.45) is 0 Å². The summed E-state index contributed by atoms with van der Waals surface area (Å²) in [6.45, 7) is 12.7. The van der Waals surface area contributed by atoms with Crippen LogP contribution in [-0.4, -0.2) is 96.0 Å². The van der Waals surface area contributed by atoms with E-state index in [-0.39, 0.29) is 6.10 Å². The molecule has 0 saturated carbocycles. The second-order valence-corrected chi connectivity index (χ2v) is 23.0. The summed E-state index contributed by atoms with van der Waals surface area (Å²) < 4.78 is 36.5. The van der Waals surface area contributed by atoms with Gasteiger partial charge in [0.1, 0.15) is 13.6 Å². The van der Waals surface area contributed by atoms with E-state index in [0.717, 1.165) is 101 Å². The van der Waals surface area contributed by atoms with Crippen molar-refractivity contribution >= 4 is 0 Å². The Balaban J connectivity index is 4.34. The van der Waals surface area contributed by atoms with E-state index in [0.29, 0.717) is 40.0 Å². The first kappa shape index (κ1) is 76.1. The molecule has 0 aliphatic heterocycles. The van der Waals surface area contributed by atoms with Gasteiger partial charge in [0.05, 0.1) is 33.4 Å². The highest BCUT2D eigenvalue weighted by Crippen LogP contribution is 2.17. The lowest BCUT2D eigenvalue weighted by molar-refractivity contribution is -0.910. The molecule has 0 rings (SSSR count). The molecule has 0 aliphatic carbocycles. The molecule has 78 heavy (non-hydrogen) atoms. The molecule has 1 N–H and O–H groups in total. The third-order valence-electron chi connectivity index (χ3n) is 14.4. The fourth-order valence-corrected chi connectivity index (χ4v) is 9.40. The summed E-state index contributed by atoms with van der Waals surface area (Å²) in [6, 6.07) is 0. The van der Waals surface area contributed by atoms with Crippen molar-refractivity contribution in [1.29, 1.82) is 0 Å². The molecule has 0 aromatic rings. The molecule has 8 heteroatoms. The first-order chi connectivity index (χ1) is 38.4. The molecule has 1 unspecified atom stereocenters. The number of aliphatic hydroxyl groups excluding tert-OH is 1. The molecule has 0 radical (unpaired) electrons. The molecule has 0 aromatic carbocycles. The molecule has 8 nitrogen and oxygen atoms in total. The minimum Gasteiger partial charge on any atom is -0.368 e. The van der Waals surface area contributed by atoms with Crippen molar-refractivity contribution in [3.63, 3.8) is 0 Å². The van der Waals surface area contributed by atoms with Crippen LogP contribution in [0, 0.1) is 0 Å². The quantitative estimate of drug-likeness (QED) is 0.0281. The lowest BCUT2D eigenvalue weighted by Gasteiger charge is -2.30. The van der Waals surface area contributed by atoms with E-state index in [2.05, 4.69) is 108 Å². The van der Waals surface area contributed by atoms with E-state index < -0.39 is 6.29 Å². The number of unbranched alkanes of at least 4 members (excludes halogenated alkanes) is 27. The number of rotatable bonds is 65. The largest absolute Gasteiger partial charge is 0.368 e. The van der Waals surface area contributed by atoms with Crippen LogP contribution in [0.25, 0.3) is 0 Å². The monoisotopic (exact) mass is 1100 g/mol. The van der Waals surface area contributed by atoms with Crippen LogP contribution in [0.3, 0.4) is 0 Å². The summed E-state index contributed by atoms with van der Waals surface area (Å²) in [5.74, 6) is 0. The van der Waals surface area contributed by atoms with Gasteiger partial charge in [0.15, 0.2) is 13.0 Å². The van der Waals surface area contributed by atoms with Crippen LogP contribution in [-0.2, 0) is 28.4 Å². The third-order valence-corrected chi connectivity index (χ3v) is 14.4. The summed E-state index contributed by atoms with van der Waals surface area (Å²) in [6.07, 6.45) is 77.0. The third kappa shape index (κ3) is 64.9. The molecule has 0 fully saturated rings. The molecular weight excluding hydrogens is 967 g/mol. The highest BCUT2D eigenvalue weighted by atomic mass is 16.7. The van der Waals surface area contributed by atoms with Gasteiger partial charge in [-0.3, -0.25) is 0 Å². The summed E-state index contributed by atoms with van der Waals surface area (Å²) in [5, 5.41) is 11.0. The van der Waals surface area contributed by atoms with Crippen molar-refractivity contribution in [2.45, 2.75) is 303 Å². The maximum Gasteiger partial charge on any atom is 0.182 e. The van der Waals surface area contributed by atoms with Crippen LogP contribution in [0.4, 0.5) is 0 Å². The number of quaternary nitrogens is 1. The minimum absolute atomic E-state index is 0.0503. The van der Waals surface area contributed by atoms with E-state index in [4.69, 9.17) is 28.4 Å². The van der Waals surface area contributed by atoms with Gasteiger partial charge < -0.3 is 38.0 Å². The molecule has 0 spiro atoms. The number of aliphatic hydroxyl groups is 1. The average molecular weight is 1100 g/mol. The highest BCUT2D eigenvalue weighted by Gasteiger charge is 2.19. The number of ether oxygens (including phenoxy) is 6.